The molecule has 0 aliphatic carbocycles. The van der Waals surface area contributed by atoms with Crippen LogP contribution in [0.2, 0.25) is 0 Å². The normalized spacial score (nSPS) is 13.2. The van der Waals surface area contributed by atoms with Crippen LogP contribution in [0.25, 0.3) is 10.9 Å². The standard InChI is InChI=1S/C16H24BrN3S/c1-5-12(2)20-11-13(8-9-18-21-19(3)4)15-7-6-14(17)10-16(15)20/h6-7,10-12,18H,5,8-9H2,1-4H3. The lowest BCUT2D eigenvalue weighted by atomic mass is 10.1. The minimum atomic E-state index is 0.527. The molecule has 0 spiro atoms. The maximum Gasteiger partial charge on any atom is 0.0496 e. The monoisotopic (exact) mass is 369 g/mol. The average molecular weight is 370 g/mol. The first kappa shape index (κ1) is 16.9. The largest absolute Gasteiger partial charge is 0.344 e. The Balaban J connectivity index is 2.23. The van der Waals surface area contributed by atoms with Gasteiger partial charge in [0.2, 0.25) is 0 Å². The van der Waals surface area contributed by atoms with E-state index in [0.29, 0.717) is 6.04 Å². The van der Waals surface area contributed by atoms with Crippen molar-refractivity contribution in [3.63, 3.8) is 0 Å². The summed E-state index contributed by atoms with van der Waals surface area (Å²) in [5.74, 6) is 0. The van der Waals surface area contributed by atoms with E-state index < -0.39 is 0 Å². The molecule has 1 N–H and O–H groups in total. The number of hydrogen-bond donors (Lipinski definition) is 1. The number of hydrogen-bond acceptors (Lipinski definition) is 3. The lowest BCUT2D eigenvalue weighted by Gasteiger charge is -2.12. The van der Waals surface area contributed by atoms with Crippen molar-refractivity contribution in [1.82, 2.24) is 13.6 Å². The Morgan fingerprint density at radius 2 is 2.14 bits per heavy atom. The lowest BCUT2D eigenvalue weighted by molar-refractivity contribution is 0.547. The molecule has 0 amide bonds. The summed E-state index contributed by atoms with van der Waals surface area (Å²) in [6.45, 7) is 5.49. The summed E-state index contributed by atoms with van der Waals surface area (Å²) < 4.78 is 9.01. The molecular formula is C16H24BrN3S. The highest BCUT2D eigenvalue weighted by Gasteiger charge is 2.12. The van der Waals surface area contributed by atoms with Crippen LogP contribution in [-0.4, -0.2) is 29.5 Å². The molecule has 0 bridgehead atoms. The maximum atomic E-state index is 3.59. The molecular weight excluding hydrogens is 346 g/mol. The highest BCUT2D eigenvalue weighted by atomic mass is 79.9. The summed E-state index contributed by atoms with van der Waals surface area (Å²) in [6.07, 6.45) is 4.51. The van der Waals surface area contributed by atoms with Crippen LogP contribution in [0.15, 0.2) is 28.9 Å². The van der Waals surface area contributed by atoms with Gasteiger partial charge in [-0.3, -0.25) is 4.72 Å². The summed E-state index contributed by atoms with van der Waals surface area (Å²) in [6, 6.07) is 7.12. The van der Waals surface area contributed by atoms with E-state index in [1.54, 1.807) is 12.1 Å². The fraction of sp³-hybridized carbons (Fsp3) is 0.500. The topological polar surface area (TPSA) is 20.2 Å². The molecule has 1 heterocycles. The van der Waals surface area contributed by atoms with Gasteiger partial charge in [-0.05, 0) is 51.6 Å². The van der Waals surface area contributed by atoms with E-state index in [4.69, 9.17) is 0 Å². The molecule has 1 aromatic carbocycles. The Morgan fingerprint density at radius 3 is 2.81 bits per heavy atom. The molecule has 0 aliphatic rings. The maximum absolute atomic E-state index is 3.59. The molecule has 5 heteroatoms. The lowest BCUT2D eigenvalue weighted by Crippen LogP contribution is -2.15. The predicted octanol–water partition coefficient (Wildman–Crippen LogP) is 4.63. The van der Waals surface area contributed by atoms with Gasteiger partial charge in [0, 0.05) is 46.3 Å². The van der Waals surface area contributed by atoms with E-state index >= 15 is 0 Å². The van der Waals surface area contributed by atoms with Crippen molar-refractivity contribution in [3.05, 3.63) is 34.4 Å². The van der Waals surface area contributed by atoms with Crippen LogP contribution in [-0.2, 0) is 6.42 Å². The second kappa shape index (κ2) is 7.68. The highest BCUT2D eigenvalue weighted by Crippen LogP contribution is 2.29. The third-order valence-electron chi connectivity index (χ3n) is 3.69. The van der Waals surface area contributed by atoms with Gasteiger partial charge in [0.15, 0.2) is 0 Å². The van der Waals surface area contributed by atoms with E-state index in [-0.39, 0.29) is 0 Å². The van der Waals surface area contributed by atoms with Crippen molar-refractivity contribution in [2.24, 2.45) is 0 Å². The molecule has 0 saturated heterocycles. The SMILES string of the molecule is CCC(C)n1cc(CCNSN(C)C)c2ccc(Br)cc21. The number of nitrogens with zero attached hydrogens (tertiary/aromatic N) is 2. The molecule has 2 aromatic rings. The van der Waals surface area contributed by atoms with Crippen LogP contribution in [0.5, 0.6) is 0 Å². The van der Waals surface area contributed by atoms with Gasteiger partial charge in [-0.2, -0.15) is 0 Å². The minimum Gasteiger partial charge on any atom is -0.344 e. The molecule has 0 aliphatic heterocycles. The van der Waals surface area contributed by atoms with Gasteiger partial charge >= 0.3 is 0 Å². The number of nitrogens with one attached hydrogen (secondary N) is 1. The summed E-state index contributed by atoms with van der Waals surface area (Å²) >= 11 is 5.24. The van der Waals surface area contributed by atoms with E-state index in [0.717, 1.165) is 23.9 Å². The summed E-state index contributed by atoms with van der Waals surface area (Å²) in [4.78, 5) is 0. The second-order valence-corrected chi connectivity index (χ2v) is 7.65. The first-order valence-corrected chi connectivity index (χ1v) is 8.95. The van der Waals surface area contributed by atoms with Crippen LogP contribution in [0, 0.1) is 0 Å². The second-order valence-electron chi connectivity index (χ2n) is 5.53. The van der Waals surface area contributed by atoms with Crippen LogP contribution in [0.3, 0.4) is 0 Å². The van der Waals surface area contributed by atoms with E-state index in [1.165, 1.54) is 16.5 Å². The molecule has 21 heavy (non-hydrogen) atoms. The van der Waals surface area contributed by atoms with Gasteiger partial charge in [-0.25, -0.2) is 4.31 Å². The van der Waals surface area contributed by atoms with Gasteiger partial charge < -0.3 is 4.57 Å². The van der Waals surface area contributed by atoms with Crippen LogP contribution in [0.1, 0.15) is 31.9 Å². The van der Waals surface area contributed by atoms with Crippen molar-refractivity contribution in [3.8, 4) is 0 Å². The van der Waals surface area contributed by atoms with Gasteiger partial charge in [0.25, 0.3) is 0 Å². The molecule has 1 aromatic heterocycles. The molecule has 0 saturated carbocycles. The minimum absolute atomic E-state index is 0.527. The Morgan fingerprint density at radius 1 is 1.38 bits per heavy atom. The van der Waals surface area contributed by atoms with Crippen LogP contribution >= 0.6 is 28.1 Å². The smallest absolute Gasteiger partial charge is 0.0496 e. The van der Waals surface area contributed by atoms with E-state index in [9.17, 15) is 0 Å². The van der Waals surface area contributed by atoms with Crippen LogP contribution in [0.4, 0.5) is 0 Å². The quantitative estimate of drug-likeness (QED) is 0.567. The first-order valence-electron chi connectivity index (χ1n) is 7.39. The summed E-state index contributed by atoms with van der Waals surface area (Å²) in [7, 11) is 4.09. The molecule has 1 atom stereocenters. The number of rotatable bonds is 7. The fourth-order valence-electron chi connectivity index (χ4n) is 2.42. The molecule has 0 radical (unpaired) electrons. The van der Waals surface area contributed by atoms with E-state index in [2.05, 4.69) is 67.8 Å². The van der Waals surface area contributed by atoms with Crippen molar-refractivity contribution in [2.45, 2.75) is 32.7 Å². The molecule has 0 fully saturated rings. The van der Waals surface area contributed by atoms with Gasteiger partial charge in [0.1, 0.15) is 0 Å². The molecule has 116 valence electrons. The van der Waals surface area contributed by atoms with Gasteiger partial charge in [-0.1, -0.05) is 28.9 Å². The van der Waals surface area contributed by atoms with Crippen molar-refractivity contribution >= 4 is 39.0 Å². The summed E-state index contributed by atoms with van der Waals surface area (Å²) in [5.41, 5.74) is 2.75. The predicted molar refractivity (Wildman–Crippen MR) is 97.6 cm³/mol. The Hall–Kier alpha value is -0.490. The zero-order chi connectivity index (χ0) is 15.4. The number of fused-ring (bicyclic) bond motifs is 1. The molecule has 2 rings (SSSR count). The number of aromatic nitrogens is 1. The van der Waals surface area contributed by atoms with Gasteiger partial charge in [0.05, 0.1) is 0 Å². The third-order valence-corrected chi connectivity index (χ3v) is 4.88. The highest BCUT2D eigenvalue weighted by molar-refractivity contribution is 9.10. The number of benzene rings is 1. The first-order chi connectivity index (χ1) is 10.0. The Kier molecular flexibility index (Phi) is 6.17. The summed E-state index contributed by atoms with van der Waals surface area (Å²) in [5, 5.41) is 1.37. The Bertz CT molecular complexity index is 594. The van der Waals surface area contributed by atoms with Crippen molar-refractivity contribution < 1.29 is 0 Å². The van der Waals surface area contributed by atoms with Crippen molar-refractivity contribution in [1.29, 1.82) is 0 Å². The zero-order valence-corrected chi connectivity index (χ0v) is 15.6. The zero-order valence-electron chi connectivity index (χ0n) is 13.2. The molecule has 1 unspecified atom stereocenters. The fourth-order valence-corrected chi connectivity index (χ4v) is 3.22. The van der Waals surface area contributed by atoms with Gasteiger partial charge in [-0.15, -0.1) is 0 Å². The third kappa shape index (κ3) is 4.25. The molecule has 3 nitrogen and oxygen atoms in total. The van der Waals surface area contributed by atoms with Crippen molar-refractivity contribution in [2.75, 3.05) is 20.6 Å². The Labute approximate surface area is 140 Å². The number of halogens is 1. The average Bonchev–Trinajstić information content (AvgIpc) is 2.80. The van der Waals surface area contributed by atoms with E-state index in [1.807, 2.05) is 14.1 Å². The van der Waals surface area contributed by atoms with Crippen LogP contribution < -0.4 is 4.72 Å².